The number of halogens is 1. The summed E-state index contributed by atoms with van der Waals surface area (Å²) < 4.78 is 6.04. The van der Waals surface area contributed by atoms with Gasteiger partial charge in [-0.1, -0.05) is 28.1 Å². The summed E-state index contributed by atoms with van der Waals surface area (Å²) >= 11 is 3.36. The number of carbonyl (C=O) groups excluding carboxylic acids is 1. The van der Waals surface area contributed by atoms with Gasteiger partial charge >= 0.3 is 5.97 Å². The quantitative estimate of drug-likeness (QED) is 0.719. The highest BCUT2D eigenvalue weighted by Crippen LogP contribution is 2.26. The normalized spacial score (nSPS) is 20.6. The lowest BCUT2D eigenvalue weighted by molar-refractivity contribution is -0.137. The van der Waals surface area contributed by atoms with Crippen LogP contribution in [0.3, 0.4) is 0 Å². The minimum atomic E-state index is -0.254. The molecule has 0 fully saturated rings. The van der Waals surface area contributed by atoms with Gasteiger partial charge < -0.3 is 4.74 Å². The lowest BCUT2D eigenvalue weighted by Crippen LogP contribution is -2.05. The molecule has 0 N–H and O–H groups in total. The van der Waals surface area contributed by atoms with Crippen LogP contribution in [0.25, 0.3) is 5.57 Å². The van der Waals surface area contributed by atoms with Crippen molar-refractivity contribution in [3.63, 3.8) is 0 Å². The fraction of sp³-hybridized carbons (Fsp3) is 0.182. The molecule has 1 aliphatic heterocycles. The summed E-state index contributed by atoms with van der Waals surface area (Å²) in [4.78, 5) is 11.0. The Morgan fingerprint density at radius 2 is 1.93 bits per heavy atom. The first-order chi connectivity index (χ1) is 6.66. The summed E-state index contributed by atoms with van der Waals surface area (Å²) in [6, 6.07) is 7.83. The third-order valence-corrected chi connectivity index (χ3v) is 2.71. The fourth-order valence-corrected chi connectivity index (χ4v) is 1.74. The molecule has 1 aromatic rings. The Balaban J connectivity index is 2.36. The van der Waals surface area contributed by atoms with Crippen LogP contribution in [-0.2, 0) is 9.53 Å². The van der Waals surface area contributed by atoms with Crippen molar-refractivity contribution in [2.75, 3.05) is 0 Å². The summed E-state index contributed by atoms with van der Waals surface area (Å²) in [6.07, 6.45) is 1.41. The largest absolute Gasteiger partial charge is 0.455 e. The molecule has 1 heterocycles. The number of cyclic esters (lactones) is 1. The van der Waals surface area contributed by atoms with Gasteiger partial charge in [0.15, 0.2) is 0 Å². The predicted octanol–water partition coefficient (Wildman–Crippen LogP) is 2.78. The standard InChI is InChI=1S/C11H9BrO2/c1-7-10(6-11(13)14-7)8-2-4-9(12)5-3-8/h2-7H,1H3. The van der Waals surface area contributed by atoms with Gasteiger partial charge in [-0.15, -0.1) is 0 Å². The zero-order valence-electron chi connectivity index (χ0n) is 7.66. The van der Waals surface area contributed by atoms with Crippen LogP contribution in [-0.4, -0.2) is 12.1 Å². The van der Waals surface area contributed by atoms with Crippen LogP contribution in [0.2, 0.25) is 0 Å². The topological polar surface area (TPSA) is 26.3 Å². The number of carbonyl (C=O) groups is 1. The molecule has 0 radical (unpaired) electrons. The van der Waals surface area contributed by atoms with Crippen LogP contribution in [0.4, 0.5) is 0 Å². The molecular formula is C11H9BrO2. The maximum atomic E-state index is 11.0. The molecule has 0 saturated heterocycles. The van der Waals surface area contributed by atoms with E-state index in [1.165, 1.54) is 0 Å². The van der Waals surface area contributed by atoms with Gasteiger partial charge in [-0.2, -0.15) is 0 Å². The first-order valence-electron chi connectivity index (χ1n) is 4.35. The molecule has 0 saturated carbocycles. The molecule has 72 valence electrons. The van der Waals surface area contributed by atoms with E-state index in [1.807, 2.05) is 31.2 Å². The molecule has 1 atom stereocenters. The second-order valence-corrected chi connectivity index (χ2v) is 4.10. The van der Waals surface area contributed by atoms with Crippen molar-refractivity contribution < 1.29 is 9.53 Å². The smallest absolute Gasteiger partial charge is 0.331 e. The molecule has 0 bridgehead atoms. The summed E-state index contributed by atoms with van der Waals surface area (Å²) in [6.45, 7) is 1.87. The molecule has 14 heavy (non-hydrogen) atoms. The number of ether oxygens (including phenoxy) is 1. The third-order valence-electron chi connectivity index (χ3n) is 2.18. The molecule has 0 amide bonds. The van der Waals surface area contributed by atoms with Crippen molar-refractivity contribution in [3.05, 3.63) is 40.4 Å². The van der Waals surface area contributed by atoms with E-state index in [4.69, 9.17) is 4.74 Å². The van der Waals surface area contributed by atoms with Crippen LogP contribution in [0.15, 0.2) is 34.8 Å². The SMILES string of the molecule is CC1OC(=O)C=C1c1ccc(Br)cc1. The van der Waals surface area contributed by atoms with Gasteiger partial charge in [0.25, 0.3) is 0 Å². The summed E-state index contributed by atoms with van der Waals surface area (Å²) in [7, 11) is 0. The lowest BCUT2D eigenvalue weighted by Gasteiger charge is -2.08. The number of rotatable bonds is 1. The van der Waals surface area contributed by atoms with E-state index in [1.54, 1.807) is 6.08 Å². The second-order valence-electron chi connectivity index (χ2n) is 3.19. The summed E-state index contributed by atoms with van der Waals surface area (Å²) in [5, 5.41) is 0. The van der Waals surface area contributed by atoms with E-state index in [0.717, 1.165) is 15.6 Å². The van der Waals surface area contributed by atoms with Gasteiger partial charge in [0.2, 0.25) is 0 Å². The van der Waals surface area contributed by atoms with Crippen LogP contribution >= 0.6 is 15.9 Å². The zero-order valence-corrected chi connectivity index (χ0v) is 9.24. The van der Waals surface area contributed by atoms with E-state index in [0.29, 0.717) is 0 Å². The van der Waals surface area contributed by atoms with Crippen molar-refractivity contribution in [2.45, 2.75) is 13.0 Å². The highest BCUT2D eigenvalue weighted by molar-refractivity contribution is 9.10. The van der Waals surface area contributed by atoms with Gasteiger partial charge in [0, 0.05) is 16.1 Å². The molecular weight excluding hydrogens is 244 g/mol. The fourth-order valence-electron chi connectivity index (χ4n) is 1.48. The van der Waals surface area contributed by atoms with Crippen LogP contribution in [0.1, 0.15) is 12.5 Å². The van der Waals surface area contributed by atoms with Crippen molar-refractivity contribution >= 4 is 27.5 Å². The third kappa shape index (κ3) is 1.73. The molecule has 1 aromatic carbocycles. The van der Waals surface area contributed by atoms with Crippen molar-refractivity contribution in [1.29, 1.82) is 0 Å². The molecule has 0 aromatic heterocycles. The van der Waals surface area contributed by atoms with E-state index in [-0.39, 0.29) is 12.1 Å². The first-order valence-corrected chi connectivity index (χ1v) is 5.14. The molecule has 1 aliphatic rings. The van der Waals surface area contributed by atoms with Crippen molar-refractivity contribution in [1.82, 2.24) is 0 Å². The van der Waals surface area contributed by atoms with Gasteiger partial charge in [0.05, 0.1) is 0 Å². The summed E-state index contributed by atoms with van der Waals surface area (Å²) in [5.74, 6) is -0.254. The Kier molecular flexibility index (Phi) is 2.42. The Labute approximate surface area is 90.7 Å². The Bertz CT molecular complexity index is 392. The highest BCUT2D eigenvalue weighted by atomic mass is 79.9. The maximum Gasteiger partial charge on any atom is 0.331 e. The van der Waals surface area contributed by atoms with E-state index >= 15 is 0 Å². The number of esters is 1. The monoisotopic (exact) mass is 252 g/mol. The summed E-state index contributed by atoms with van der Waals surface area (Å²) in [5.41, 5.74) is 1.98. The van der Waals surface area contributed by atoms with Crippen LogP contribution < -0.4 is 0 Å². The number of hydrogen-bond donors (Lipinski definition) is 0. The predicted molar refractivity (Wildman–Crippen MR) is 57.7 cm³/mol. The Morgan fingerprint density at radius 1 is 1.29 bits per heavy atom. The van der Waals surface area contributed by atoms with Crippen LogP contribution in [0.5, 0.6) is 0 Å². The minimum Gasteiger partial charge on any atom is -0.455 e. The Morgan fingerprint density at radius 3 is 2.43 bits per heavy atom. The van der Waals surface area contributed by atoms with Gasteiger partial charge in [0.1, 0.15) is 6.10 Å². The van der Waals surface area contributed by atoms with E-state index < -0.39 is 0 Å². The molecule has 3 heteroatoms. The molecule has 2 nitrogen and oxygen atoms in total. The molecule has 1 unspecified atom stereocenters. The average Bonchev–Trinajstić information content (AvgIpc) is 2.47. The van der Waals surface area contributed by atoms with Crippen molar-refractivity contribution in [3.8, 4) is 0 Å². The van der Waals surface area contributed by atoms with Crippen LogP contribution in [0, 0.1) is 0 Å². The second kappa shape index (κ2) is 3.58. The van der Waals surface area contributed by atoms with Crippen molar-refractivity contribution in [2.24, 2.45) is 0 Å². The zero-order chi connectivity index (χ0) is 10.1. The van der Waals surface area contributed by atoms with Gasteiger partial charge in [-0.05, 0) is 24.6 Å². The molecule has 0 spiro atoms. The lowest BCUT2D eigenvalue weighted by atomic mass is 10.0. The minimum absolute atomic E-state index is 0.135. The van der Waals surface area contributed by atoms with E-state index in [2.05, 4.69) is 15.9 Å². The molecule has 2 rings (SSSR count). The number of hydrogen-bond acceptors (Lipinski definition) is 2. The Hall–Kier alpha value is -1.09. The van der Waals surface area contributed by atoms with Gasteiger partial charge in [-0.25, -0.2) is 4.79 Å². The average molecular weight is 253 g/mol. The molecule has 0 aliphatic carbocycles. The van der Waals surface area contributed by atoms with Gasteiger partial charge in [-0.3, -0.25) is 0 Å². The van der Waals surface area contributed by atoms with E-state index in [9.17, 15) is 4.79 Å². The number of benzene rings is 1. The first kappa shape index (κ1) is 9.46. The highest BCUT2D eigenvalue weighted by Gasteiger charge is 2.22. The maximum absolute atomic E-state index is 11.0.